The first-order valence-electron chi connectivity index (χ1n) is 15.1. The molecule has 46 heavy (non-hydrogen) atoms. The van der Waals surface area contributed by atoms with Crippen molar-refractivity contribution >= 4 is 65.5 Å². The number of rotatable bonds is 3. The van der Waals surface area contributed by atoms with Gasteiger partial charge in [-0.05, 0) is 53.9 Å². The average Bonchev–Trinajstić information content (AvgIpc) is 3.64. The van der Waals surface area contributed by atoms with Gasteiger partial charge in [0.25, 0.3) is 0 Å². The molecular weight excluding hydrogens is 568 g/mol. The first-order chi connectivity index (χ1) is 22.8. The molecule has 0 radical (unpaired) electrons. The van der Waals surface area contributed by atoms with Crippen LogP contribution in [0.25, 0.3) is 88.8 Å². The van der Waals surface area contributed by atoms with E-state index in [1.807, 2.05) is 53.2 Å². The van der Waals surface area contributed by atoms with Crippen molar-refractivity contribution in [1.29, 1.82) is 0 Å². The number of pyridine rings is 3. The molecule has 0 N–H and O–H groups in total. The van der Waals surface area contributed by atoms with E-state index in [2.05, 4.69) is 77.4 Å². The molecule has 8 nitrogen and oxygen atoms in total. The molecule has 4 aromatic carbocycles. The van der Waals surface area contributed by atoms with Gasteiger partial charge < -0.3 is 0 Å². The van der Waals surface area contributed by atoms with Crippen molar-refractivity contribution in [1.82, 2.24) is 39.0 Å². The van der Waals surface area contributed by atoms with Crippen molar-refractivity contribution in [2.75, 3.05) is 0 Å². The molecule has 8 heteroatoms. The van der Waals surface area contributed by atoms with E-state index >= 15 is 0 Å². The van der Waals surface area contributed by atoms with E-state index in [4.69, 9.17) is 29.9 Å². The second-order valence-electron chi connectivity index (χ2n) is 11.3. The Hall–Kier alpha value is -6.54. The number of benzene rings is 4. The summed E-state index contributed by atoms with van der Waals surface area (Å²) in [5, 5.41) is 7.31. The molecule has 0 aliphatic rings. The van der Waals surface area contributed by atoms with Gasteiger partial charge in [0.05, 0.1) is 16.6 Å². The smallest absolute Gasteiger partial charge is 0.242 e. The highest BCUT2D eigenvalue weighted by molar-refractivity contribution is 6.12. The first-order valence-corrected chi connectivity index (χ1v) is 15.1. The van der Waals surface area contributed by atoms with Crippen molar-refractivity contribution in [3.8, 4) is 23.3 Å². The maximum Gasteiger partial charge on any atom is 0.242 e. The predicted molar refractivity (Wildman–Crippen MR) is 182 cm³/mol. The third kappa shape index (κ3) is 3.49. The van der Waals surface area contributed by atoms with E-state index in [0.717, 1.165) is 71.1 Å². The van der Waals surface area contributed by atoms with Gasteiger partial charge in [0.1, 0.15) is 11.3 Å². The summed E-state index contributed by atoms with van der Waals surface area (Å²) in [7, 11) is 0. The molecule has 6 heterocycles. The Bertz CT molecular complexity index is 2590. The lowest BCUT2D eigenvalue weighted by molar-refractivity contribution is 0.884. The number of fused-ring (bicyclic) bond motifs is 9. The van der Waals surface area contributed by atoms with Crippen LogP contribution in [-0.4, -0.2) is 39.0 Å². The lowest BCUT2D eigenvalue weighted by Crippen LogP contribution is -2.11. The molecule has 10 rings (SSSR count). The van der Waals surface area contributed by atoms with Crippen molar-refractivity contribution < 1.29 is 0 Å². The van der Waals surface area contributed by atoms with E-state index in [-0.39, 0.29) is 0 Å². The summed E-state index contributed by atoms with van der Waals surface area (Å²) in [4.78, 5) is 30.0. The van der Waals surface area contributed by atoms with Gasteiger partial charge in [-0.1, -0.05) is 66.7 Å². The standard InChI is InChI=1S/C38H22N8/c1-2-11-24-23(10-1)22-30(27-14-7-19-39-33(24)27)34-42-37(45-31-17-5-3-12-25(31)26-13-4-6-18-32(26)45)44-38(43-34)46-35-28(15-8-20-40-35)29-16-9-21-41-36(29)46/h1-22H. The molecule has 10 aromatic rings. The fourth-order valence-electron chi connectivity index (χ4n) is 6.77. The normalized spacial score (nSPS) is 11.9. The molecule has 0 saturated carbocycles. The Kier molecular flexibility index (Phi) is 5.12. The minimum absolute atomic E-state index is 0.435. The van der Waals surface area contributed by atoms with Crippen LogP contribution in [0.3, 0.4) is 0 Å². The Morgan fingerprint density at radius 1 is 0.413 bits per heavy atom. The third-order valence-electron chi connectivity index (χ3n) is 8.73. The molecule has 214 valence electrons. The summed E-state index contributed by atoms with van der Waals surface area (Å²) < 4.78 is 4.06. The Morgan fingerprint density at radius 3 is 1.61 bits per heavy atom. The van der Waals surface area contributed by atoms with Crippen LogP contribution in [0.2, 0.25) is 0 Å². The van der Waals surface area contributed by atoms with Gasteiger partial charge in [-0.3, -0.25) is 9.55 Å². The second kappa shape index (κ2) is 9.48. The van der Waals surface area contributed by atoms with Gasteiger partial charge in [0, 0.05) is 56.5 Å². The topological polar surface area (TPSA) is 87.2 Å². The van der Waals surface area contributed by atoms with Crippen LogP contribution in [-0.2, 0) is 0 Å². The minimum Gasteiger partial charge on any atom is -0.278 e. The van der Waals surface area contributed by atoms with Gasteiger partial charge >= 0.3 is 0 Å². The molecule has 0 amide bonds. The second-order valence-corrected chi connectivity index (χ2v) is 11.3. The van der Waals surface area contributed by atoms with Crippen LogP contribution in [0.5, 0.6) is 0 Å². The summed E-state index contributed by atoms with van der Waals surface area (Å²) in [5.41, 5.74) is 5.24. The fraction of sp³-hybridized carbons (Fsp3) is 0. The highest BCUT2D eigenvalue weighted by Crippen LogP contribution is 2.36. The molecule has 0 fully saturated rings. The highest BCUT2D eigenvalue weighted by Gasteiger charge is 2.22. The molecule has 6 aromatic heterocycles. The quantitative estimate of drug-likeness (QED) is 0.193. The lowest BCUT2D eigenvalue weighted by atomic mass is 10.0. The maximum atomic E-state index is 5.23. The van der Waals surface area contributed by atoms with E-state index in [1.165, 1.54) is 0 Å². The molecular formula is C38H22N8. The van der Waals surface area contributed by atoms with Crippen LogP contribution in [0.1, 0.15) is 0 Å². The lowest BCUT2D eigenvalue weighted by Gasteiger charge is -2.13. The summed E-state index contributed by atoms with van der Waals surface area (Å²) in [6.45, 7) is 0. The van der Waals surface area contributed by atoms with E-state index in [0.29, 0.717) is 17.7 Å². The number of aromatic nitrogens is 8. The number of para-hydroxylation sites is 2. The third-order valence-corrected chi connectivity index (χ3v) is 8.73. The van der Waals surface area contributed by atoms with Crippen LogP contribution in [0, 0.1) is 0 Å². The summed E-state index contributed by atoms with van der Waals surface area (Å²) in [5.74, 6) is 1.47. The molecule has 0 unspecified atom stereocenters. The van der Waals surface area contributed by atoms with Gasteiger partial charge in [-0.15, -0.1) is 0 Å². The fourth-order valence-corrected chi connectivity index (χ4v) is 6.77. The minimum atomic E-state index is 0.435. The van der Waals surface area contributed by atoms with Crippen molar-refractivity contribution in [3.05, 3.63) is 134 Å². The van der Waals surface area contributed by atoms with E-state index in [1.54, 1.807) is 12.4 Å². The van der Waals surface area contributed by atoms with Crippen molar-refractivity contribution in [2.24, 2.45) is 0 Å². The van der Waals surface area contributed by atoms with Gasteiger partial charge in [-0.2, -0.15) is 15.0 Å². The van der Waals surface area contributed by atoms with Crippen molar-refractivity contribution in [3.63, 3.8) is 0 Å². The molecule has 0 bridgehead atoms. The summed E-state index contributed by atoms with van der Waals surface area (Å²) in [6.07, 6.45) is 5.41. The van der Waals surface area contributed by atoms with Crippen LogP contribution in [0.15, 0.2) is 134 Å². The summed E-state index contributed by atoms with van der Waals surface area (Å²) >= 11 is 0. The average molecular weight is 591 g/mol. The summed E-state index contributed by atoms with van der Waals surface area (Å²) in [6, 6.07) is 39.2. The number of nitrogens with zero attached hydrogens (tertiary/aromatic N) is 8. The zero-order valence-electron chi connectivity index (χ0n) is 24.3. The molecule has 0 aliphatic carbocycles. The molecule has 0 atom stereocenters. The monoisotopic (exact) mass is 590 g/mol. The number of hydrogen-bond donors (Lipinski definition) is 0. The largest absolute Gasteiger partial charge is 0.278 e. The highest BCUT2D eigenvalue weighted by atomic mass is 15.3. The number of hydrogen-bond acceptors (Lipinski definition) is 6. The van der Waals surface area contributed by atoms with E-state index < -0.39 is 0 Å². The molecule has 0 spiro atoms. The zero-order valence-corrected chi connectivity index (χ0v) is 24.3. The Labute approximate surface area is 261 Å². The van der Waals surface area contributed by atoms with Crippen LogP contribution < -0.4 is 0 Å². The molecule has 0 aliphatic heterocycles. The Morgan fingerprint density at radius 2 is 0.935 bits per heavy atom. The van der Waals surface area contributed by atoms with Crippen molar-refractivity contribution in [2.45, 2.75) is 0 Å². The van der Waals surface area contributed by atoms with E-state index in [9.17, 15) is 0 Å². The molecule has 0 saturated heterocycles. The maximum absolute atomic E-state index is 5.23. The first kappa shape index (κ1) is 24.9. The van der Waals surface area contributed by atoms with Gasteiger partial charge in [0.15, 0.2) is 5.82 Å². The van der Waals surface area contributed by atoms with Crippen LogP contribution >= 0.6 is 0 Å². The van der Waals surface area contributed by atoms with Gasteiger partial charge in [-0.25, -0.2) is 14.5 Å². The predicted octanol–water partition coefficient (Wildman–Crippen LogP) is 8.22. The zero-order chi connectivity index (χ0) is 30.2. The Balaban J connectivity index is 1.37. The van der Waals surface area contributed by atoms with Gasteiger partial charge in [0.2, 0.25) is 11.9 Å². The van der Waals surface area contributed by atoms with Crippen LogP contribution in [0.4, 0.5) is 0 Å². The SMILES string of the molecule is c1ccc2c(c1)cc(-c1nc(-n3c4ccccc4c4ccccc43)nc(-n3c4ncccc4c4cccnc43)n1)c1cccnc12.